The second kappa shape index (κ2) is 8.20. The first-order valence-corrected chi connectivity index (χ1v) is 5.16. The van der Waals surface area contributed by atoms with Crippen molar-refractivity contribution in [3.8, 4) is 0 Å². The minimum absolute atomic E-state index is 0.704. The molecule has 0 aliphatic rings. The van der Waals surface area contributed by atoms with Crippen molar-refractivity contribution in [1.29, 1.82) is 0 Å². The average molecular weight is 185 g/mol. The second-order valence-electron chi connectivity index (χ2n) is 3.28. The van der Waals surface area contributed by atoms with Gasteiger partial charge in [0.05, 0.1) is 6.67 Å². The third kappa shape index (κ3) is 6.72. The van der Waals surface area contributed by atoms with Crippen LogP contribution in [0.3, 0.4) is 0 Å². The van der Waals surface area contributed by atoms with Crippen molar-refractivity contribution in [2.75, 3.05) is 26.3 Å². The highest BCUT2D eigenvalue weighted by atomic mass is 15.2. The van der Waals surface area contributed by atoms with E-state index in [1.807, 2.05) is 6.92 Å². The van der Waals surface area contributed by atoms with E-state index < -0.39 is 0 Å². The zero-order valence-electron chi connectivity index (χ0n) is 9.21. The molecule has 0 bridgehead atoms. The molecular formula is C10H23N3. The molecule has 0 aliphatic heterocycles. The number of nitrogens with two attached hydrogens (primary N) is 1. The fourth-order valence-corrected chi connectivity index (χ4v) is 1.15. The lowest BCUT2D eigenvalue weighted by Crippen LogP contribution is -2.25. The SMILES string of the molecule is CCCN(CC)CN=C(C)CCN. The van der Waals surface area contributed by atoms with Crippen molar-refractivity contribution in [3.05, 3.63) is 0 Å². The fraction of sp³-hybridized carbons (Fsp3) is 0.900. The van der Waals surface area contributed by atoms with E-state index in [0.29, 0.717) is 6.54 Å². The maximum Gasteiger partial charge on any atom is 0.0908 e. The van der Waals surface area contributed by atoms with Gasteiger partial charge in [-0.3, -0.25) is 9.89 Å². The van der Waals surface area contributed by atoms with Crippen LogP contribution in [0.15, 0.2) is 4.99 Å². The quantitative estimate of drug-likeness (QED) is 0.610. The Kier molecular flexibility index (Phi) is 7.94. The van der Waals surface area contributed by atoms with Gasteiger partial charge >= 0.3 is 0 Å². The van der Waals surface area contributed by atoms with Crippen LogP contribution in [-0.2, 0) is 0 Å². The summed E-state index contributed by atoms with van der Waals surface area (Å²) in [6, 6.07) is 0. The zero-order chi connectivity index (χ0) is 10.1. The van der Waals surface area contributed by atoms with Gasteiger partial charge in [-0.25, -0.2) is 0 Å². The lowest BCUT2D eigenvalue weighted by molar-refractivity contribution is 0.298. The summed E-state index contributed by atoms with van der Waals surface area (Å²) in [6.07, 6.45) is 2.11. The first kappa shape index (κ1) is 12.6. The molecule has 0 aromatic heterocycles. The van der Waals surface area contributed by atoms with Crippen LogP contribution in [0.1, 0.15) is 33.6 Å². The van der Waals surface area contributed by atoms with Gasteiger partial charge in [-0.1, -0.05) is 13.8 Å². The van der Waals surface area contributed by atoms with Gasteiger partial charge < -0.3 is 5.73 Å². The van der Waals surface area contributed by atoms with E-state index >= 15 is 0 Å². The number of aliphatic imine (C=N–C) groups is 1. The summed E-state index contributed by atoms with van der Waals surface area (Å²) in [5, 5.41) is 0. The molecule has 0 rings (SSSR count). The first-order chi connectivity index (χ1) is 6.24. The molecule has 0 aliphatic carbocycles. The molecule has 0 saturated carbocycles. The van der Waals surface area contributed by atoms with Crippen LogP contribution in [0.4, 0.5) is 0 Å². The van der Waals surface area contributed by atoms with E-state index in [0.717, 1.165) is 31.9 Å². The first-order valence-electron chi connectivity index (χ1n) is 5.16. The topological polar surface area (TPSA) is 41.6 Å². The molecule has 0 aromatic carbocycles. The maximum atomic E-state index is 5.43. The van der Waals surface area contributed by atoms with E-state index in [1.54, 1.807) is 0 Å². The Balaban J connectivity index is 3.74. The monoisotopic (exact) mass is 185 g/mol. The molecule has 78 valence electrons. The van der Waals surface area contributed by atoms with Crippen LogP contribution in [0.5, 0.6) is 0 Å². The third-order valence-corrected chi connectivity index (χ3v) is 2.03. The Labute approximate surface area is 82.0 Å². The van der Waals surface area contributed by atoms with Crippen LogP contribution in [0, 0.1) is 0 Å². The van der Waals surface area contributed by atoms with E-state index in [1.165, 1.54) is 6.42 Å². The Morgan fingerprint density at radius 2 is 2.08 bits per heavy atom. The van der Waals surface area contributed by atoms with E-state index in [9.17, 15) is 0 Å². The third-order valence-electron chi connectivity index (χ3n) is 2.03. The lowest BCUT2D eigenvalue weighted by Gasteiger charge is -2.16. The van der Waals surface area contributed by atoms with Crippen molar-refractivity contribution >= 4 is 5.71 Å². The summed E-state index contributed by atoms with van der Waals surface area (Å²) in [4.78, 5) is 6.80. The van der Waals surface area contributed by atoms with Crippen molar-refractivity contribution in [2.24, 2.45) is 10.7 Å². The van der Waals surface area contributed by atoms with Crippen LogP contribution >= 0.6 is 0 Å². The minimum Gasteiger partial charge on any atom is -0.330 e. The van der Waals surface area contributed by atoms with Gasteiger partial charge in [0.2, 0.25) is 0 Å². The van der Waals surface area contributed by atoms with Crippen LogP contribution in [0.2, 0.25) is 0 Å². The predicted molar refractivity (Wildman–Crippen MR) is 59.2 cm³/mol. The molecule has 0 spiro atoms. The van der Waals surface area contributed by atoms with Crippen molar-refractivity contribution in [2.45, 2.75) is 33.6 Å². The number of rotatable bonds is 7. The molecule has 13 heavy (non-hydrogen) atoms. The summed E-state index contributed by atoms with van der Waals surface area (Å²) < 4.78 is 0. The highest BCUT2D eigenvalue weighted by Crippen LogP contribution is 1.92. The maximum absolute atomic E-state index is 5.43. The van der Waals surface area contributed by atoms with Crippen molar-refractivity contribution < 1.29 is 0 Å². The van der Waals surface area contributed by atoms with Gasteiger partial charge in [0.15, 0.2) is 0 Å². The molecule has 3 heteroatoms. The van der Waals surface area contributed by atoms with Crippen molar-refractivity contribution in [3.63, 3.8) is 0 Å². The normalized spacial score (nSPS) is 12.5. The molecule has 0 atom stereocenters. The zero-order valence-corrected chi connectivity index (χ0v) is 9.21. The summed E-state index contributed by atoms with van der Waals surface area (Å²) in [5.74, 6) is 0. The molecule has 0 unspecified atom stereocenters. The van der Waals surface area contributed by atoms with E-state index in [4.69, 9.17) is 5.73 Å². The number of hydrogen-bond acceptors (Lipinski definition) is 3. The summed E-state index contributed by atoms with van der Waals surface area (Å²) in [6.45, 7) is 10.2. The standard InChI is InChI=1S/C10H23N3/c1-4-8-13(5-2)9-12-10(3)6-7-11/h4-9,11H2,1-3H3. The van der Waals surface area contributed by atoms with Gasteiger partial charge in [0.25, 0.3) is 0 Å². The predicted octanol–water partition coefficient (Wildman–Crippen LogP) is 1.49. The Morgan fingerprint density at radius 3 is 2.54 bits per heavy atom. The number of hydrogen-bond donors (Lipinski definition) is 1. The van der Waals surface area contributed by atoms with Gasteiger partial charge in [0.1, 0.15) is 0 Å². The summed E-state index contributed by atoms with van der Waals surface area (Å²) in [5.41, 5.74) is 6.60. The van der Waals surface area contributed by atoms with Gasteiger partial charge in [-0.2, -0.15) is 0 Å². The Bertz CT molecular complexity index is 143. The summed E-state index contributed by atoms with van der Waals surface area (Å²) >= 11 is 0. The molecule has 3 nitrogen and oxygen atoms in total. The Morgan fingerprint density at radius 1 is 1.38 bits per heavy atom. The molecular weight excluding hydrogens is 162 g/mol. The minimum atomic E-state index is 0.704. The number of nitrogens with zero attached hydrogens (tertiary/aromatic N) is 2. The molecule has 0 aromatic rings. The van der Waals surface area contributed by atoms with Gasteiger partial charge in [-0.15, -0.1) is 0 Å². The average Bonchev–Trinajstić information content (AvgIpc) is 2.12. The van der Waals surface area contributed by atoms with Crippen LogP contribution in [-0.4, -0.2) is 36.9 Å². The smallest absolute Gasteiger partial charge is 0.0908 e. The van der Waals surface area contributed by atoms with Crippen LogP contribution < -0.4 is 5.73 Å². The lowest BCUT2D eigenvalue weighted by atomic mass is 10.3. The molecule has 0 heterocycles. The molecule has 0 amide bonds. The molecule has 0 radical (unpaired) electrons. The van der Waals surface area contributed by atoms with Gasteiger partial charge in [0, 0.05) is 5.71 Å². The van der Waals surface area contributed by atoms with Gasteiger partial charge in [-0.05, 0) is 39.4 Å². The molecule has 0 saturated heterocycles. The van der Waals surface area contributed by atoms with E-state index in [2.05, 4.69) is 23.7 Å². The fourth-order valence-electron chi connectivity index (χ4n) is 1.15. The van der Waals surface area contributed by atoms with Crippen LogP contribution in [0.25, 0.3) is 0 Å². The second-order valence-corrected chi connectivity index (χ2v) is 3.28. The largest absolute Gasteiger partial charge is 0.330 e. The highest BCUT2D eigenvalue weighted by Gasteiger charge is 1.98. The highest BCUT2D eigenvalue weighted by molar-refractivity contribution is 5.81. The van der Waals surface area contributed by atoms with Crippen molar-refractivity contribution in [1.82, 2.24) is 4.90 Å². The van der Waals surface area contributed by atoms with E-state index in [-0.39, 0.29) is 0 Å². The summed E-state index contributed by atoms with van der Waals surface area (Å²) in [7, 11) is 0. The molecule has 2 N–H and O–H groups in total. The Hall–Kier alpha value is -0.410. The molecule has 0 fully saturated rings.